The van der Waals surface area contributed by atoms with Gasteiger partial charge in [0.1, 0.15) is 17.1 Å². The summed E-state index contributed by atoms with van der Waals surface area (Å²) >= 11 is 0. The minimum absolute atomic E-state index is 0.0229. The van der Waals surface area contributed by atoms with Gasteiger partial charge in [-0.2, -0.15) is 5.10 Å². The number of carbonyl (C=O) groups is 3. The van der Waals surface area contributed by atoms with Crippen LogP contribution in [-0.2, 0) is 23.8 Å². The number of methoxy groups -OCH3 is 1. The van der Waals surface area contributed by atoms with Gasteiger partial charge in [-0.05, 0) is 70.9 Å². The van der Waals surface area contributed by atoms with Gasteiger partial charge in [0.2, 0.25) is 0 Å². The Balaban J connectivity index is 1.47. The summed E-state index contributed by atoms with van der Waals surface area (Å²) in [5.41, 5.74) is 0.129. The van der Waals surface area contributed by atoms with Crippen LogP contribution in [0.5, 0.6) is 17.2 Å². The van der Waals surface area contributed by atoms with Crippen LogP contribution in [-0.4, -0.2) is 123 Å². The van der Waals surface area contributed by atoms with Crippen molar-refractivity contribution in [1.29, 1.82) is 0 Å². The maximum absolute atomic E-state index is 14.7. The van der Waals surface area contributed by atoms with Gasteiger partial charge in [0.25, 0.3) is 11.7 Å². The molecule has 1 amide bonds. The zero-order valence-electron chi connectivity index (χ0n) is 39.5. The van der Waals surface area contributed by atoms with Gasteiger partial charge in [0, 0.05) is 93.0 Å². The second kappa shape index (κ2) is 19.4. The number of amides is 1. The first-order valence-electron chi connectivity index (χ1n) is 22.9. The number of rotatable bonds is 5. The highest BCUT2D eigenvalue weighted by molar-refractivity contribution is 6.22. The molecule has 2 fully saturated rings. The molecule has 0 aromatic heterocycles. The van der Waals surface area contributed by atoms with Crippen LogP contribution in [0.1, 0.15) is 121 Å². The number of phenolic OH excluding ortho intramolecular Hbond substituents is 2. The average molecular weight is 891 g/mol. The Hall–Kier alpha value is -4.70. The van der Waals surface area contributed by atoms with Crippen LogP contribution in [0.15, 0.2) is 29.1 Å². The summed E-state index contributed by atoms with van der Waals surface area (Å²) in [5, 5.41) is 57.2. The molecule has 1 saturated heterocycles. The number of esters is 1. The van der Waals surface area contributed by atoms with E-state index < -0.39 is 70.9 Å². The lowest BCUT2D eigenvalue weighted by Crippen LogP contribution is -2.54. The van der Waals surface area contributed by atoms with Crippen LogP contribution in [0, 0.1) is 37.5 Å². The molecule has 2 aromatic rings. The number of hydrazone groups is 1. The van der Waals surface area contributed by atoms with E-state index in [9.17, 15) is 34.8 Å². The Morgan fingerprint density at radius 2 is 1.58 bits per heavy atom. The molecule has 1 aliphatic carbocycles. The van der Waals surface area contributed by atoms with Gasteiger partial charge in [-0.1, -0.05) is 46.6 Å². The van der Waals surface area contributed by atoms with Crippen molar-refractivity contribution in [3.05, 3.63) is 46.2 Å². The lowest BCUT2D eigenvalue weighted by atomic mass is 9.70. The summed E-state index contributed by atoms with van der Waals surface area (Å²) in [6.07, 6.45) is 9.19. The number of Topliss-reactive ketones (excluding diaryl/α,β-unsaturated/α-hetero) is 1. The van der Waals surface area contributed by atoms with E-state index in [1.165, 1.54) is 52.9 Å². The number of ether oxygens (including phenoxy) is 4. The van der Waals surface area contributed by atoms with Gasteiger partial charge in [-0.15, -0.1) is 0 Å². The van der Waals surface area contributed by atoms with E-state index in [2.05, 4.69) is 10.2 Å². The SMILES string of the molecule is CO[C@H]1/C=C/O[C@@]2(C)Oc3c(C)c(O)c4c(O)c(c(/C=N/N5CCN(C6CCCC6)CC5)c(C)c4c3C2=O)NC(=O)/C(C)=C\CC[C@H](C)C(O)[C@@H](C)[C@@H](O)[C@@H](C)[C@](C)(OC(C)=O)[C@H]1C. The minimum Gasteiger partial charge on any atom is -0.507 e. The number of piperazine rings is 1. The molecule has 15 nitrogen and oxygen atoms in total. The number of nitrogens with one attached hydrogen (secondary N) is 1. The van der Waals surface area contributed by atoms with E-state index in [4.69, 9.17) is 24.0 Å². The lowest BCUT2D eigenvalue weighted by molar-refractivity contribution is -0.185. The molecule has 15 heteroatoms. The number of hydrogen-bond donors (Lipinski definition) is 5. The first kappa shape index (κ1) is 48.7. The molecule has 1 saturated carbocycles. The number of aliphatic hydroxyl groups excluding tert-OH is 2. The van der Waals surface area contributed by atoms with Crippen molar-refractivity contribution < 1.29 is 53.8 Å². The predicted molar refractivity (Wildman–Crippen MR) is 245 cm³/mol. The third-order valence-corrected chi connectivity index (χ3v) is 14.9. The van der Waals surface area contributed by atoms with E-state index in [1.54, 1.807) is 59.9 Å². The van der Waals surface area contributed by atoms with E-state index in [0.717, 1.165) is 13.1 Å². The van der Waals surface area contributed by atoms with Crippen LogP contribution in [0.25, 0.3) is 10.8 Å². The normalized spacial score (nSPS) is 33.0. The minimum atomic E-state index is -1.94. The summed E-state index contributed by atoms with van der Waals surface area (Å²) < 4.78 is 24.3. The molecule has 4 aliphatic heterocycles. The van der Waals surface area contributed by atoms with Crippen molar-refractivity contribution in [3.63, 3.8) is 0 Å². The fraction of sp³-hybridized carbons (Fsp3) is 0.633. The third kappa shape index (κ3) is 9.23. The molecule has 64 heavy (non-hydrogen) atoms. The number of carbonyl (C=O) groups excluding carboxylic acids is 3. The number of benzene rings is 2. The Labute approximate surface area is 377 Å². The molecule has 5 aliphatic rings. The Kier molecular flexibility index (Phi) is 14.8. The van der Waals surface area contributed by atoms with Gasteiger partial charge >= 0.3 is 11.8 Å². The third-order valence-electron chi connectivity index (χ3n) is 14.9. The van der Waals surface area contributed by atoms with Gasteiger partial charge in [-0.3, -0.25) is 24.3 Å². The summed E-state index contributed by atoms with van der Waals surface area (Å²) in [7, 11) is 1.48. The van der Waals surface area contributed by atoms with Crippen LogP contribution >= 0.6 is 0 Å². The monoisotopic (exact) mass is 891 g/mol. The van der Waals surface area contributed by atoms with E-state index in [1.807, 2.05) is 18.9 Å². The molecule has 7 rings (SSSR count). The van der Waals surface area contributed by atoms with Crippen molar-refractivity contribution in [3.8, 4) is 17.2 Å². The van der Waals surface area contributed by atoms with Crippen LogP contribution in [0.2, 0.25) is 0 Å². The predicted octanol–water partition coefficient (Wildman–Crippen LogP) is 6.87. The first-order chi connectivity index (χ1) is 30.2. The standard InChI is InChI=1S/C49H70N4O11/c1-26-15-14-16-27(2)47(60)51-40-35(25-50-53-22-20-52(21-23-53)34-17-12-13-18-34)28(3)37-38(44(40)58)43(57)30(5)45-39(37)46(59)49(10,64-45)62-24-19-36(61-11)31(6)48(9,63-33(8)54)32(7)42(56)29(4)41(26)55/h16,19,24-26,29,31-32,34,36,41-42,55-58H,12-15,17-18,20-23H2,1-11H3,(H,51,60)/b24-19+,27-16-,50-25+/t26-,29+,31-,32+,36-,41?,42+,48+,49-/m0/s1. The van der Waals surface area contributed by atoms with Crippen LogP contribution in [0.4, 0.5) is 5.69 Å². The fourth-order valence-electron chi connectivity index (χ4n) is 10.3. The van der Waals surface area contributed by atoms with Crippen LogP contribution < -0.4 is 10.1 Å². The molecule has 352 valence electrons. The Morgan fingerprint density at radius 1 is 0.922 bits per heavy atom. The summed E-state index contributed by atoms with van der Waals surface area (Å²) in [4.78, 5) is 43.8. The second-order valence-electron chi connectivity index (χ2n) is 19.0. The number of nitrogens with zero attached hydrogens (tertiary/aromatic N) is 3. The van der Waals surface area contributed by atoms with Gasteiger partial charge in [-0.25, -0.2) is 0 Å². The van der Waals surface area contributed by atoms with Crippen molar-refractivity contribution in [2.75, 3.05) is 38.6 Å². The first-order valence-corrected chi connectivity index (χ1v) is 22.9. The van der Waals surface area contributed by atoms with Gasteiger partial charge in [0.15, 0.2) is 5.75 Å². The zero-order valence-corrected chi connectivity index (χ0v) is 39.5. The molecular formula is C49H70N4O11. The van der Waals surface area contributed by atoms with E-state index in [-0.39, 0.29) is 45.0 Å². The molecule has 5 bridgehead atoms. The summed E-state index contributed by atoms with van der Waals surface area (Å²) in [6.45, 7) is 19.8. The highest BCUT2D eigenvalue weighted by Gasteiger charge is 2.51. The maximum atomic E-state index is 14.7. The van der Waals surface area contributed by atoms with E-state index in [0.29, 0.717) is 48.7 Å². The summed E-state index contributed by atoms with van der Waals surface area (Å²) in [6, 6.07) is 0.597. The average Bonchev–Trinajstić information content (AvgIpc) is 3.90. The topological polar surface area (TPSA) is 200 Å². The van der Waals surface area contributed by atoms with Crippen molar-refractivity contribution in [2.24, 2.45) is 28.8 Å². The Morgan fingerprint density at radius 3 is 2.20 bits per heavy atom. The van der Waals surface area contributed by atoms with Gasteiger partial charge < -0.3 is 44.7 Å². The van der Waals surface area contributed by atoms with Gasteiger partial charge in [0.05, 0.1) is 47.4 Å². The molecule has 0 radical (unpaired) electrons. The van der Waals surface area contributed by atoms with Crippen molar-refractivity contribution >= 4 is 40.3 Å². The molecule has 4 heterocycles. The van der Waals surface area contributed by atoms with Crippen molar-refractivity contribution in [2.45, 2.75) is 144 Å². The van der Waals surface area contributed by atoms with Crippen molar-refractivity contribution in [1.82, 2.24) is 9.91 Å². The summed E-state index contributed by atoms with van der Waals surface area (Å²) in [5.74, 6) is -6.52. The molecule has 9 atom stereocenters. The lowest BCUT2D eigenvalue weighted by Gasteiger charge is -2.45. The molecule has 1 unspecified atom stereocenters. The number of hydrogen-bond acceptors (Lipinski definition) is 14. The second-order valence-corrected chi connectivity index (χ2v) is 19.0. The number of fused-ring (bicyclic) bond motifs is 15. The largest absolute Gasteiger partial charge is 0.507 e. The molecule has 5 N–H and O–H groups in total. The molecule has 0 spiro atoms. The fourth-order valence-corrected chi connectivity index (χ4v) is 10.3. The zero-order chi connectivity index (χ0) is 47.0. The molecular weight excluding hydrogens is 821 g/mol. The highest BCUT2D eigenvalue weighted by atomic mass is 16.7. The van der Waals surface area contributed by atoms with Crippen LogP contribution in [0.3, 0.4) is 0 Å². The Bertz CT molecular complexity index is 2190. The maximum Gasteiger partial charge on any atom is 0.312 e. The number of aliphatic hydroxyl groups is 2. The molecule has 2 aromatic carbocycles. The number of aryl methyl sites for hydroxylation is 1. The number of allylic oxidation sites excluding steroid dienone is 1. The number of phenols is 2. The highest BCUT2D eigenvalue weighted by Crippen LogP contribution is 2.53. The number of anilines is 1. The number of aromatic hydroxyl groups is 2. The smallest absolute Gasteiger partial charge is 0.312 e. The quantitative estimate of drug-likeness (QED) is 0.119. The van der Waals surface area contributed by atoms with E-state index >= 15 is 0 Å². The number of ketones is 1.